The lowest BCUT2D eigenvalue weighted by molar-refractivity contribution is 0.171. The highest BCUT2D eigenvalue weighted by Crippen LogP contribution is 2.37. The highest BCUT2D eigenvalue weighted by Gasteiger charge is 2.34. The molecule has 0 saturated carbocycles. The summed E-state index contributed by atoms with van der Waals surface area (Å²) in [5, 5.41) is 18.4. The number of aliphatic hydroxyl groups excluding tert-OH is 1. The third-order valence-electron chi connectivity index (χ3n) is 6.32. The molecule has 2 atom stereocenters. The maximum absolute atomic E-state index is 13.7. The third kappa shape index (κ3) is 5.52. The van der Waals surface area contributed by atoms with E-state index in [0.717, 1.165) is 0 Å². The molecule has 2 aromatic heterocycles. The number of pyridine rings is 1. The second kappa shape index (κ2) is 11.7. The molecule has 1 N–H and O–H groups in total. The van der Waals surface area contributed by atoms with Crippen molar-refractivity contribution in [2.24, 2.45) is 0 Å². The van der Waals surface area contributed by atoms with Gasteiger partial charge in [-0.3, -0.25) is 4.57 Å². The first-order valence-electron chi connectivity index (χ1n) is 11.9. The van der Waals surface area contributed by atoms with Crippen LogP contribution in [0.1, 0.15) is 24.4 Å². The number of aromatic nitrogens is 4. The maximum atomic E-state index is 13.7. The van der Waals surface area contributed by atoms with Crippen molar-refractivity contribution in [3.63, 3.8) is 0 Å². The normalized spacial score (nSPS) is 13.0. The van der Waals surface area contributed by atoms with Gasteiger partial charge in [-0.05, 0) is 31.2 Å². The Morgan fingerprint density at radius 1 is 0.821 bits per heavy atom. The molecule has 0 saturated heterocycles. The Morgan fingerprint density at radius 2 is 1.44 bits per heavy atom. The van der Waals surface area contributed by atoms with Crippen LogP contribution in [0, 0.1) is 0 Å². The van der Waals surface area contributed by atoms with Gasteiger partial charge >= 0.3 is 0 Å². The van der Waals surface area contributed by atoms with Crippen molar-refractivity contribution >= 4 is 9.84 Å². The van der Waals surface area contributed by atoms with Crippen molar-refractivity contribution < 1.29 is 32.5 Å². The van der Waals surface area contributed by atoms with E-state index < -0.39 is 26.9 Å². The molecule has 11 nitrogen and oxygen atoms in total. The Morgan fingerprint density at radius 3 is 2.08 bits per heavy atom. The quantitative estimate of drug-likeness (QED) is 0.294. The lowest BCUT2D eigenvalue weighted by Gasteiger charge is -2.22. The summed E-state index contributed by atoms with van der Waals surface area (Å²) in [5.41, 5.74) is 1.15. The van der Waals surface area contributed by atoms with Crippen molar-refractivity contribution in [1.29, 1.82) is 0 Å². The molecule has 2 heterocycles. The van der Waals surface area contributed by atoms with Crippen LogP contribution in [-0.4, -0.2) is 67.0 Å². The highest BCUT2D eigenvalue weighted by atomic mass is 32.2. The fraction of sp³-hybridized carbons (Fsp3) is 0.296. The number of methoxy groups -OCH3 is 4. The summed E-state index contributed by atoms with van der Waals surface area (Å²) in [6, 6.07) is 17.0. The molecule has 12 heteroatoms. The average Bonchev–Trinajstić information content (AvgIpc) is 3.37. The van der Waals surface area contributed by atoms with Crippen LogP contribution < -0.4 is 18.9 Å². The summed E-state index contributed by atoms with van der Waals surface area (Å²) in [6.07, 6.45) is -1.34. The molecule has 0 fully saturated rings. The second-order valence-electron chi connectivity index (χ2n) is 8.55. The number of ether oxygens (including phenoxy) is 4. The largest absolute Gasteiger partial charge is 0.496 e. The van der Waals surface area contributed by atoms with E-state index in [2.05, 4.69) is 15.2 Å². The second-order valence-corrected chi connectivity index (χ2v) is 10.9. The predicted octanol–water partition coefficient (Wildman–Crippen LogP) is 3.40. The number of aliphatic hydroxyl groups is 1. The van der Waals surface area contributed by atoms with E-state index >= 15 is 0 Å². The summed E-state index contributed by atoms with van der Waals surface area (Å²) < 4.78 is 50.7. The topological polar surface area (TPSA) is 135 Å². The summed E-state index contributed by atoms with van der Waals surface area (Å²) in [4.78, 5) is 4.46. The molecule has 2 aromatic carbocycles. The van der Waals surface area contributed by atoms with Crippen molar-refractivity contribution in [3.8, 4) is 40.3 Å². The third-order valence-corrected chi connectivity index (χ3v) is 8.37. The molecule has 206 valence electrons. The Bertz CT molecular complexity index is 1530. The van der Waals surface area contributed by atoms with E-state index in [0.29, 0.717) is 40.1 Å². The van der Waals surface area contributed by atoms with Gasteiger partial charge in [-0.15, -0.1) is 10.2 Å². The average molecular weight is 555 g/mol. The first-order valence-corrected chi connectivity index (χ1v) is 13.7. The molecule has 4 rings (SSSR count). The molecule has 4 aromatic rings. The predicted molar refractivity (Wildman–Crippen MR) is 144 cm³/mol. The van der Waals surface area contributed by atoms with E-state index in [-0.39, 0.29) is 11.6 Å². The van der Waals surface area contributed by atoms with Gasteiger partial charge in [-0.2, -0.15) is 0 Å². The van der Waals surface area contributed by atoms with Gasteiger partial charge in [0.25, 0.3) is 0 Å². The molecule has 0 aliphatic carbocycles. The van der Waals surface area contributed by atoms with Gasteiger partial charge in [0.1, 0.15) is 34.4 Å². The van der Waals surface area contributed by atoms with Crippen LogP contribution in [-0.2, 0) is 15.6 Å². The Balaban J connectivity index is 1.85. The number of benzene rings is 2. The summed E-state index contributed by atoms with van der Waals surface area (Å²) >= 11 is 0. The zero-order chi connectivity index (χ0) is 28.2. The Labute approximate surface area is 226 Å². The molecule has 0 spiro atoms. The van der Waals surface area contributed by atoms with Crippen LogP contribution in [0.3, 0.4) is 0 Å². The minimum atomic E-state index is -3.99. The fourth-order valence-corrected chi connectivity index (χ4v) is 5.54. The van der Waals surface area contributed by atoms with Crippen molar-refractivity contribution in [3.05, 3.63) is 72.1 Å². The van der Waals surface area contributed by atoms with Crippen LogP contribution in [0.2, 0.25) is 0 Å². The lowest BCUT2D eigenvalue weighted by Crippen LogP contribution is -2.28. The zero-order valence-electron chi connectivity index (χ0n) is 22.2. The van der Waals surface area contributed by atoms with Crippen LogP contribution in [0.15, 0.2) is 60.7 Å². The number of hydrogen-bond acceptors (Lipinski definition) is 10. The van der Waals surface area contributed by atoms with Gasteiger partial charge in [0, 0.05) is 11.6 Å². The molecular formula is C27H30N4O7S. The van der Waals surface area contributed by atoms with Crippen LogP contribution in [0.25, 0.3) is 17.2 Å². The van der Waals surface area contributed by atoms with Gasteiger partial charge in [-0.1, -0.05) is 30.3 Å². The van der Waals surface area contributed by atoms with Crippen molar-refractivity contribution in [2.45, 2.75) is 24.0 Å². The Hall–Kier alpha value is -4.16. The van der Waals surface area contributed by atoms with E-state index in [1.165, 1.54) is 35.4 Å². The van der Waals surface area contributed by atoms with E-state index in [1.54, 1.807) is 65.2 Å². The summed E-state index contributed by atoms with van der Waals surface area (Å²) in [7, 11) is 1.95. The van der Waals surface area contributed by atoms with Crippen molar-refractivity contribution in [2.75, 3.05) is 28.4 Å². The fourth-order valence-electron chi connectivity index (χ4n) is 4.19. The monoisotopic (exact) mass is 554 g/mol. The number of sulfone groups is 1. The van der Waals surface area contributed by atoms with Gasteiger partial charge in [-0.25, -0.2) is 13.4 Å². The van der Waals surface area contributed by atoms with Crippen LogP contribution >= 0.6 is 0 Å². The molecule has 0 unspecified atom stereocenters. The minimum absolute atomic E-state index is 0.0801. The lowest BCUT2D eigenvalue weighted by atomic mass is 10.1. The highest BCUT2D eigenvalue weighted by molar-refractivity contribution is 7.91. The van der Waals surface area contributed by atoms with E-state index in [4.69, 9.17) is 18.9 Å². The smallest absolute Gasteiger partial charge is 0.213 e. The van der Waals surface area contributed by atoms with Crippen LogP contribution in [0.5, 0.6) is 23.1 Å². The molecule has 0 aliphatic heterocycles. The Kier molecular flexibility index (Phi) is 8.36. The van der Waals surface area contributed by atoms with Gasteiger partial charge < -0.3 is 24.1 Å². The van der Waals surface area contributed by atoms with E-state index in [1.807, 2.05) is 0 Å². The SMILES string of the molecule is COc1cccc(-c2nnc(CS(=O)(=O)[C@H](C)[C@H](O)c3ccccc3OC)n2-c2c(OC)cccc2OC)n1. The first-order chi connectivity index (χ1) is 18.7. The zero-order valence-corrected chi connectivity index (χ0v) is 23.0. The van der Waals surface area contributed by atoms with Gasteiger partial charge in [0.05, 0.1) is 39.8 Å². The van der Waals surface area contributed by atoms with Gasteiger partial charge in [0.2, 0.25) is 5.88 Å². The molecular weight excluding hydrogens is 524 g/mol. The van der Waals surface area contributed by atoms with E-state index in [9.17, 15) is 13.5 Å². The number of rotatable bonds is 11. The number of para-hydroxylation sites is 2. The summed E-state index contributed by atoms with van der Waals surface area (Å²) in [5.74, 6) is 1.32. The molecule has 39 heavy (non-hydrogen) atoms. The number of hydrogen-bond donors (Lipinski definition) is 1. The van der Waals surface area contributed by atoms with Crippen molar-refractivity contribution in [1.82, 2.24) is 19.7 Å². The first kappa shape index (κ1) is 27.9. The molecule has 0 amide bonds. The summed E-state index contributed by atoms with van der Waals surface area (Å²) in [6.45, 7) is 1.45. The molecule has 0 radical (unpaired) electrons. The van der Waals surface area contributed by atoms with Gasteiger partial charge in [0.15, 0.2) is 21.5 Å². The molecule has 0 bridgehead atoms. The standard InChI is InChI=1S/C27H30N4O7S/c1-17(26(32)18-10-6-7-12-20(18)35-2)39(33,34)16-23-29-30-27(19-11-8-15-24(28-19)38-5)31(23)25-21(36-3)13-9-14-22(25)37-4/h6-15,17,26,32H,16H2,1-5H3/t17-,26+/m1/s1. The molecule has 0 aliphatic rings. The number of nitrogens with zero attached hydrogens (tertiary/aromatic N) is 4. The minimum Gasteiger partial charge on any atom is -0.496 e. The maximum Gasteiger partial charge on any atom is 0.213 e. The van der Waals surface area contributed by atoms with Crippen LogP contribution in [0.4, 0.5) is 0 Å².